The Balaban J connectivity index is 1.72. The summed E-state index contributed by atoms with van der Waals surface area (Å²) in [5, 5.41) is 0. The number of esters is 2. The number of rotatable bonds is 10. The van der Waals surface area contributed by atoms with Crippen LogP contribution in [0.1, 0.15) is 76.1 Å². The van der Waals surface area contributed by atoms with Crippen LogP contribution >= 0.6 is 0 Å². The minimum Gasteiger partial charge on any atom is -0.464 e. The first-order valence-electron chi connectivity index (χ1n) is 11.7. The summed E-state index contributed by atoms with van der Waals surface area (Å²) in [4.78, 5) is 30.7. The van der Waals surface area contributed by atoms with E-state index in [-0.39, 0.29) is 24.8 Å². The Morgan fingerprint density at radius 3 is 1.83 bits per heavy atom. The normalized spacial score (nSPS) is 16.6. The van der Waals surface area contributed by atoms with Crippen LogP contribution in [-0.2, 0) is 31.9 Å². The number of nitrogens with zero attached hydrogens (tertiary/aromatic N) is 2. The molecule has 0 aromatic carbocycles. The van der Waals surface area contributed by atoms with Gasteiger partial charge >= 0.3 is 11.9 Å². The average Bonchev–Trinajstić information content (AvgIpc) is 2.71. The quantitative estimate of drug-likeness (QED) is 0.421. The zero-order valence-electron chi connectivity index (χ0n) is 18.6. The molecule has 6 nitrogen and oxygen atoms in total. The van der Waals surface area contributed by atoms with Gasteiger partial charge in [0, 0.05) is 13.1 Å². The molecule has 0 radical (unpaired) electrons. The molecule has 0 N–H and O–H groups in total. The van der Waals surface area contributed by atoms with Crippen LogP contribution in [0.25, 0.3) is 0 Å². The molecule has 168 valence electrons. The summed E-state index contributed by atoms with van der Waals surface area (Å²) in [6.07, 6.45) is 11.9. The smallest absolute Gasteiger partial charge is 0.311 e. The van der Waals surface area contributed by atoms with E-state index in [9.17, 15) is 9.59 Å². The van der Waals surface area contributed by atoms with Crippen LogP contribution in [-0.4, -0.2) is 54.7 Å². The fourth-order valence-electron chi connectivity index (χ4n) is 3.68. The van der Waals surface area contributed by atoms with Crippen molar-refractivity contribution >= 4 is 11.9 Å². The average molecular weight is 419 g/mol. The van der Waals surface area contributed by atoms with E-state index in [1.165, 1.54) is 51.4 Å². The van der Waals surface area contributed by atoms with E-state index in [2.05, 4.69) is 16.8 Å². The third kappa shape index (κ3) is 10.7. The highest BCUT2D eigenvalue weighted by Gasteiger charge is 2.13. The number of aromatic nitrogens is 1. The van der Waals surface area contributed by atoms with Gasteiger partial charge in [0.2, 0.25) is 0 Å². The Labute approximate surface area is 181 Å². The summed E-state index contributed by atoms with van der Waals surface area (Å²) >= 11 is 0. The molecular weight excluding hydrogens is 380 g/mol. The molecule has 0 amide bonds. The van der Waals surface area contributed by atoms with Crippen LogP contribution in [0, 0.1) is 0 Å². The zero-order chi connectivity index (χ0) is 21.4. The second-order valence-electron chi connectivity index (χ2n) is 8.08. The molecule has 6 heteroatoms. The third-order valence-electron chi connectivity index (χ3n) is 5.43. The van der Waals surface area contributed by atoms with Gasteiger partial charge in [-0.3, -0.25) is 19.5 Å². The van der Waals surface area contributed by atoms with Crippen LogP contribution < -0.4 is 0 Å². The summed E-state index contributed by atoms with van der Waals surface area (Å²) in [7, 11) is 0. The maximum atomic E-state index is 12.1. The topological polar surface area (TPSA) is 68.7 Å². The van der Waals surface area contributed by atoms with E-state index in [0.717, 1.165) is 13.0 Å². The molecule has 0 aliphatic carbocycles. The van der Waals surface area contributed by atoms with E-state index in [1.807, 2.05) is 0 Å². The Kier molecular flexibility index (Phi) is 12.1. The molecule has 0 unspecified atom stereocenters. The molecule has 0 atom stereocenters. The Morgan fingerprint density at radius 2 is 1.30 bits per heavy atom. The molecule has 0 fully saturated rings. The molecule has 1 aliphatic rings. The summed E-state index contributed by atoms with van der Waals surface area (Å²) in [6.45, 7) is 5.21. The predicted molar refractivity (Wildman–Crippen MR) is 117 cm³/mol. The van der Waals surface area contributed by atoms with Crippen molar-refractivity contribution in [2.24, 2.45) is 0 Å². The molecule has 0 saturated heterocycles. The maximum Gasteiger partial charge on any atom is 0.311 e. The van der Waals surface area contributed by atoms with Gasteiger partial charge in [-0.05, 0) is 25.1 Å². The van der Waals surface area contributed by atoms with Gasteiger partial charge in [0.25, 0.3) is 0 Å². The van der Waals surface area contributed by atoms with E-state index >= 15 is 0 Å². The fraction of sp³-hybridized carbons (Fsp3) is 0.708. The highest BCUT2D eigenvalue weighted by Crippen LogP contribution is 2.10. The molecular formula is C24H38N2O4. The number of carbonyl (C=O) groups is 2. The summed E-state index contributed by atoms with van der Waals surface area (Å²) < 4.78 is 10.8. The zero-order valence-corrected chi connectivity index (χ0v) is 18.6. The van der Waals surface area contributed by atoms with Crippen LogP contribution in [0.2, 0.25) is 0 Å². The standard InChI is InChI=1S/C24H38N2O4/c1-2-3-4-5-6-7-8-9-10-14-26-15-17-29-23(27)19-21-12-11-13-22(25-21)20-24(28)30-18-16-26/h11-13H,2-10,14-20H2,1H3. The SMILES string of the molecule is CCCCCCCCCCCN1CCOC(=O)Cc2cccc(n2)CC(=O)OCC1. The number of unbranched alkanes of at least 4 members (excludes halogenated alkanes) is 8. The van der Waals surface area contributed by atoms with Gasteiger partial charge in [0.05, 0.1) is 24.2 Å². The molecule has 30 heavy (non-hydrogen) atoms. The van der Waals surface area contributed by atoms with E-state index in [1.54, 1.807) is 18.2 Å². The van der Waals surface area contributed by atoms with Gasteiger partial charge in [-0.15, -0.1) is 0 Å². The van der Waals surface area contributed by atoms with E-state index < -0.39 is 0 Å². The lowest BCUT2D eigenvalue weighted by Crippen LogP contribution is -2.33. The highest BCUT2D eigenvalue weighted by molar-refractivity contribution is 5.73. The van der Waals surface area contributed by atoms with Crippen molar-refractivity contribution in [2.45, 2.75) is 77.6 Å². The van der Waals surface area contributed by atoms with Crippen LogP contribution in [0.15, 0.2) is 18.2 Å². The van der Waals surface area contributed by atoms with Gasteiger partial charge in [0.15, 0.2) is 0 Å². The van der Waals surface area contributed by atoms with Crippen LogP contribution in [0.4, 0.5) is 0 Å². The Morgan fingerprint density at radius 1 is 0.800 bits per heavy atom. The van der Waals surface area contributed by atoms with Crippen molar-refractivity contribution in [3.05, 3.63) is 29.6 Å². The second kappa shape index (κ2) is 14.9. The van der Waals surface area contributed by atoms with E-state index in [4.69, 9.17) is 9.47 Å². The summed E-state index contributed by atoms with van der Waals surface area (Å²) in [6, 6.07) is 5.35. The molecule has 2 heterocycles. The molecule has 2 bridgehead atoms. The minimum absolute atomic E-state index is 0.126. The number of ether oxygens (including phenoxy) is 2. The predicted octanol–water partition coefficient (Wildman–Crippen LogP) is 4.10. The van der Waals surface area contributed by atoms with Crippen molar-refractivity contribution in [3.63, 3.8) is 0 Å². The van der Waals surface area contributed by atoms with Crippen molar-refractivity contribution in [3.8, 4) is 0 Å². The number of cyclic esters (lactones) is 2. The van der Waals surface area contributed by atoms with E-state index in [0.29, 0.717) is 37.7 Å². The summed E-state index contributed by atoms with van der Waals surface area (Å²) in [5.74, 6) is -0.551. The number of hydrogen-bond donors (Lipinski definition) is 0. The fourth-order valence-corrected chi connectivity index (χ4v) is 3.68. The molecule has 0 saturated carbocycles. The lowest BCUT2D eigenvalue weighted by molar-refractivity contribution is -0.143. The van der Waals surface area contributed by atoms with Crippen molar-refractivity contribution in [1.29, 1.82) is 0 Å². The first-order valence-corrected chi connectivity index (χ1v) is 11.7. The third-order valence-corrected chi connectivity index (χ3v) is 5.43. The first-order chi connectivity index (χ1) is 14.7. The minimum atomic E-state index is -0.276. The highest BCUT2D eigenvalue weighted by atomic mass is 16.5. The number of fused-ring (bicyclic) bond motifs is 2. The van der Waals surface area contributed by atoms with Gasteiger partial charge in [-0.1, -0.05) is 64.4 Å². The van der Waals surface area contributed by atoms with Gasteiger partial charge in [0.1, 0.15) is 13.2 Å². The second-order valence-corrected chi connectivity index (χ2v) is 8.08. The lowest BCUT2D eigenvalue weighted by Gasteiger charge is -2.22. The van der Waals surface area contributed by atoms with Crippen LogP contribution in [0.5, 0.6) is 0 Å². The van der Waals surface area contributed by atoms with Crippen molar-refractivity contribution < 1.29 is 19.1 Å². The number of carbonyl (C=O) groups excluding carboxylic acids is 2. The molecule has 0 spiro atoms. The van der Waals surface area contributed by atoms with Crippen molar-refractivity contribution in [1.82, 2.24) is 9.88 Å². The largest absolute Gasteiger partial charge is 0.464 e. The monoisotopic (exact) mass is 418 g/mol. The molecule has 2 rings (SSSR count). The molecule has 1 aromatic rings. The molecule has 1 aromatic heterocycles. The Bertz CT molecular complexity index is 596. The maximum absolute atomic E-state index is 12.1. The van der Waals surface area contributed by atoms with Gasteiger partial charge in [-0.2, -0.15) is 0 Å². The van der Waals surface area contributed by atoms with Gasteiger partial charge in [-0.25, -0.2) is 0 Å². The molecule has 1 aliphatic heterocycles. The summed E-state index contributed by atoms with van der Waals surface area (Å²) in [5.41, 5.74) is 1.24. The first kappa shape index (κ1) is 24.3. The van der Waals surface area contributed by atoms with Crippen molar-refractivity contribution in [2.75, 3.05) is 32.8 Å². The number of pyridine rings is 1. The van der Waals surface area contributed by atoms with Gasteiger partial charge < -0.3 is 9.47 Å². The van der Waals surface area contributed by atoms with Crippen LogP contribution in [0.3, 0.4) is 0 Å². The lowest BCUT2D eigenvalue weighted by atomic mass is 10.1. The number of hydrogen-bond acceptors (Lipinski definition) is 6. The Hall–Kier alpha value is -1.95.